The summed E-state index contributed by atoms with van der Waals surface area (Å²) in [6.07, 6.45) is -1.11. The Morgan fingerprint density at radius 1 is 0.926 bits per heavy atom. The van der Waals surface area contributed by atoms with Crippen LogP contribution in [0.5, 0.6) is 0 Å². The van der Waals surface area contributed by atoms with E-state index >= 15 is 0 Å². The largest absolute Gasteiger partial charge is 0.465 e. The first-order valence-corrected chi connectivity index (χ1v) is 8.47. The highest BCUT2D eigenvalue weighted by molar-refractivity contribution is 6.10. The summed E-state index contributed by atoms with van der Waals surface area (Å²) in [5.74, 6) is -0.478. The van der Waals surface area contributed by atoms with Gasteiger partial charge in [0.2, 0.25) is 0 Å². The van der Waals surface area contributed by atoms with E-state index in [1.54, 1.807) is 12.1 Å². The molecular weight excluding hydrogens is 344 g/mol. The van der Waals surface area contributed by atoms with E-state index in [-0.39, 0.29) is 0 Å². The molecule has 0 aliphatic carbocycles. The monoisotopic (exact) mass is 362 g/mol. The van der Waals surface area contributed by atoms with Crippen LogP contribution in [0, 0.1) is 0 Å². The normalized spacial score (nSPS) is 12.4. The van der Waals surface area contributed by atoms with Crippen LogP contribution in [0.2, 0.25) is 0 Å². The molecule has 0 fully saturated rings. The molecule has 0 bridgehead atoms. The molecule has 0 radical (unpaired) electrons. The van der Waals surface area contributed by atoms with Crippen LogP contribution in [-0.4, -0.2) is 25.3 Å². The van der Waals surface area contributed by atoms with Crippen LogP contribution in [0.3, 0.4) is 0 Å². The molecule has 0 amide bonds. The smallest absolute Gasteiger partial charge is 0.338 e. The number of hydrogen-bond donors (Lipinski definition) is 1. The summed E-state index contributed by atoms with van der Waals surface area (Å²) < 4.78 is 16.0. The van der Waals surface area contributed by atoms with Crippen LogP contribution >= 0.6 is 0 Å². The summed E-state index contributed by atoms with van der Waals surface area (Å²) >= 11 is 0. The van der Waals surface area contributed by atoms with Gasteiger partial charge in [0, 0.05) is 23.4 Å². The van der Waals surface area contributed by atoms with Crippen molar-refractivity contribution in [2.45, 2.75) is 6.29 Å². The maximum Gasteiger partial charge on any atom is 0.338 e. The van der Waals surface area contributed by atoms with Gasteiger partial charge >= 0.3 is 5.97 Å². The molecule has 1 N–H and O–H groups in total. The minimum Gasteiger partial charge on any atom is -0.465 e. The van der Waals surface area contributed by atoms with Crippen molar-refractivity contribution in [2.75, 3.05) is 14.2 Å². The lowest BCUT2D eigenvalue weighted by atomic mass is 9.93. The van der Waals surface area contributed by atoms with Crippen molar-refractivity contribution in [2.24, 2.45) is 0 Å². The Bertz CT molecular complexity index is 1140. The Kier molecular flexibility index (Phi) is 4.39. The molecule has 0 aliphatic heterocycles. The number of methoxy groups -OCH3 is 2. The molecule has 136 valence electrons. The molecule has 0 spiro atoms. The summed E-state index contributed by atoms with van der Waals surface area (Å²) in [6, 6.07) is 18.5. The predicted octanol–water partition coefficient (Wildman–Crippen LogP) is 4.68. The van der Waals surface area contributed by atoms with Gasteiger partial charge in [0.05, 0.1) is 12.7 Å². The molecule has 1 atom stereocenters. The molecule has 4 rings (SSSR count). The van der Waals surface area contributed by atoms with E-state index in [1.807, 2.05) is 48.5 Å². The average Bonchev–Trinajstić information content (AvgIpc) is 3.09. The van der Waals surface area contributed by atoms with Gasteiger partial charge in [0.15, 0.2) is 6.29 Å². The van der Waals surface area contributed by atoms with E-state index in [0.29, 0.717) is 27.8 Å². The van der Waals surface area contributed by atoms with Gasteiger partial charge in [0.25, 0.3) is 0 Å². The van der Waals surface area contributed by atoms with Gasteiger partial charge in [-0.25, -0.2) is 4.79 Å². The Hall–Kier alpha value is -3.15. The van der Waals surface area contributed by atoms with Crippen molar-refractivity contribution in [3.8, 4) is 11.1 Å². The number of furan rings is 1. The van der Waals surface area contributed by atoms with Gasteiger partial charge in [-0.05, 0) is 29.3 Å². The van der Waals surface area contributed by atoms with Gasteiger partial charge in [-0.15, -0.1) is 0 Å². The second kappa shape index (κ2) is 6.87. The van der Waals surface area contributed by atoms with Crippen LogP contribution < -0.4 is 0 Å². The van der Waals surface area contributed by atoms with Crippen molar-refractivity contribution in [1.29, 1.82) is 0 Å². The highest BCUT2D eigenvalue weighted by Crippen LogP contribution is 2.37. The first kappa shape index (κ1) is 17.3. The van der Waals surface area contributed by atoms with Gasteiger partial charge in [-0.2, -0.15) is 0 Å². The number of aliphatic hydroxyl groups is 1. The van der Waals surface area contributed by atoms with E-state index in [9.17, 15) is 9.90 Å². The van der Waals surface area contributed by atoms with E-state index in [1.165, 1.54) is 14.2 Å². The summed E-state index contributed by atoms with van der Waals surface area (Å²) in [7, 11) is 2.76. The highest BCUT2D eigenvalue weighted by atomic mass is 16.6. The summed E-state index contributed by atoms with van der Waals surface area (Å²) in [6.45, 7) is 0. The molecule has 5 heteroatoms. The van der Waals surface area contributed by atoms with E-state index in [4.69, 9.17) is 13.9 Å². The summed E-state index contributed by atoms with van der Waals surface area (Å²) in [5.41, 5.74) is 3.61. The van der Waals surface area contributed by atoms with Crippen molar-refractivity contribution in [3.63, 3.8) is 0 Å². The van der Waals surface area contributed by atoms with Gasteiger partial charge in [-0.3, -0.25) is 0 Å². The Balaban J connectivity index is 2.07. The van der Waals surface area contributed by atoms with Crippen molar-refractivity contribution in [1.82, 2.24) is 0 Å². The number of rotatable bonds is 4. The lowest BCUT2D eigenvalue weighted by molar-refractivity contribution is -0.0765. The third-order valence-corrected chi connectivity index (χ3v) is 4.66. The second-order valence-corrected chi connectivity index (χ2v) is 6.16. The van der Waals surface area contributed by atoms with E-state index < -0.39 is 12.3 Å². The number of para-hydroxylation sites is 1. The van der Waals surface area contributed by atoms with E-state index in [0.717, 1.165) is 16.4 Å². The molecule has 0 aliphatic rings. The van der Waals surface area contributed by atoms with Crippen molar-refractivity contribution >= 4 is 27.9 Å². The topological polar surface area (TPSA) is 68.9 Å². The quantitative estimate of drug-likeness (QED) is 0.422. The standard InChI is InChI=1S/C22H18O5/c1-25-21(23)15-9-4-3-7-13(15)16-11-17-14-8-5-6-10-19(14)27-20(17)12-18(16)22(24)26-2/h3-12,21,23H,1-2H3. The zero-order valence-corrected chi connectivity index (χ0v) is 14.9. The summed E-state index contributed by atoms with van der Waals surface area (Å²) in [4.78, 5) is 12.5. The van der Waals surface area contributed by atoms with Crippen LogP contribution in [0.15, 0.2) is 65.1 Å². The van der Waals surface area contributed by atoms with Crippen molar-refractivity contribution < 1.29 is 23.8 Å². The van der Waals surface area contributed by atoms with Gasteiger partial charge in [0.1, 0.15) is 11.2 Å². The maximum absolute atomic E-state index is 12.5. The molecule has 27 heavy (non-hydrogen) atoms. The number of esters is 1. The van der Waals surface area contributed by atoms with Crippen LogP contribution in [0.25, 0.3) is 33.1 Å². The lowest BCUT2D eigenvalue weighted by Gasteiger charge is -2.16. The zero-order chi connectivity index (χ0) is 19.0. The number of hydrogen-bond acceptors (Lipinski definition) is 5. The average molecular weight is 362 g/mol. The van der Waals surface area contributed by atoms with Gasteiger partial charge < -0.3 is 19.0 Å². The first-order valence-electron chi connectivity index (χ1n) is 8.47. The predicted molar refractivity (Wildman–Crippen MR) is 102 cm³/mol. The highest BCUT2D eigenvalue weighted by Gasteiger charge is 2.21. The molecule has 1 aromatic heterocycles. The third kappa shape index (κ3) is 2.87. The fourth-order valence-electron chi connectivity index (χ4n) is 3.36. The number of fused-ring (bicyclic) bond motifs is 3. The fourth-order valence-corrected chi connectivity index (χ4v) is 3.36. The van der Waals surface area contributed by atoms with Crippen LogP contribution in [0.1, 0.15) is 22.2 Å². The second-order valence-electron chi connectivity index (χ2n) is 6.16. The van der Waals surface area contributed by atoms with Crippen LogP contribution in [-0.2, 0) is 9.47 Å². The number of ether oxygens (including phenoxy) is 2. The Morgan fingerprint density at radius 2 is 1.67 bits per heavy atom. The van der Waals surface area contributed by atoms with E-state index in [2.05, 4.69) is 0 Å². The van der Waals surface area contributed by atoms with Crippen LogP contribution in [0.4, 0.5) is 0 Å². The zero-order valence-electron chi connectivity index (χ0n) is 14.9. The summed E-state index contributed by atoms with van der Waals surface area (Å²) in [5, 5.41) is 12.1. The molecule has 1 heterocycles. The molecule has 0 saturated carbocycles. The number of carbonyl (C=O) groups excluding carboxylic acids is 1. The van der Waals surface area contributed by atoms with Crippen molar-refractivity contribution in [3.05, 3.63) is 71.8 Å². The minimum absolute atomic E-state index is 0.361. The minimum atomic E-state index is -1.11. The van der Waals surface area contributed by atoms with Gasteiger partial charge in [-0.1, -0.05) is 42.5 Å². The maximum atomic E-state index is 12.5. The number of carbonyl (C=O) groups is 1. The number of aliphatic hydroxyl groups excluding tert-OH is 1. The number of benzene rings is 3. The SMILES string of the molecule is COC(=O)c1cc2oc3ccccc3c2cc1-c1ccccc1C(O)OC. The Labute approximate surface area is 155 Å². The molecule has 4 aromatic rings. The molecule has 0 saturated heterocycles. The lowest BCUT2D eigenvalue weighted by Crippen LogP contribution is -2.06. The first-order chi connectivity index (χ1) is 13.1. The fraction of sp³-hybridized carbons (Fsp3) is 0.136. The molecule has 3 aromatic carbocycles. The Morgan fingerprint density at radius 3 is 2.44 bits per heavy atom. The molecule has 5 nitrogen and oxygen atoms in total. The third-order valence-electron chi connectivity index (χ3n) is 4.66. The molecule has 1 unspecified atom stereocenters. The molecular formula is C22H18O5.